The van der Waals surface area contributed by atoms with Crippen molar-refractivity contribution < 1.29 is 18.1 Å². The Morgan fingerprint density at radius 1 is 1.36 bits per heavy atom. The maximum Gasteiger partial charge on any atom is 0.307 e. The van der Waals surface area contributed by atoms with Crippen LogP contribution in [0.15, 0.2) is 22.7 Å². The summed E-state index contributed by atoms with van der Waals surface area (Å²) in [6.45, 7) is 7.03. The van der Waals surface area contributed by atoms with E-state index in [4.69, 9.17) is 4.74 Å². The van der Waals surface area contributed by atoms with E-state index in [1.54, 1.807) is 39.8 Å². The fourth-order valence-corrected chi connectivity index (χ4v) is 3.08. The third-order valence-corrected chi connectivity index (χ3v) is 5.36. The van der Waals surface area contributed by atoms with E-state index < -0.39 is 33.1 Å². The third kappa shape index (κ3) is 4.86. The molecule has 1 N–H and O–H groups in total. The molecular weight excluding hydrogens is 373 g/mol. The van der Waals surface area contributed by atoms with E-state index in [1.165, 1.54) is 13.2 Å². The lowest BCUT2D eigenvalue weighted by Gasteiger charge is -2.33. The Balaban J connectivity index is 3.30. The normalized spacial score (nSPS) is 16.0. The van der Waals surface area contributed by atoms with Gasteiger partial charge in [0.1, 0.15) is 5.82 Å². The summed E-state index contributed by atoms with van der Waals surface area (Å²) in [5.74, 6) is -0.992. The van der Waals surface area contributed by atoms with E-state index >= 15 is 0 Å². The van der Waals surface area contributed by atoms with Crippen molar-refractivity contribution in [3.63, 3.8) is 0 Å². The zero-order chi connectivity index (χ0) is 17.1. The number of halogens is 2. The number of carbonyl (C=O) groups excluding carboxylic acids is 1. The van der Waals surface area contributed by atoms with E-state index in [2.05, 4.69) is 20.7 Å². The van der Waals surface area contributed by atoms with Gasteiger partial charge in [-0.15, -0.1) is 0 Å². The molecule has 0 aliphatic rings. The van der Waals surface area contributed by atoms with Crippen LogP contribution in [0.1, 0.15) is 39.7 Å². The van der Waals surface area contributed by atoms with Gasteiger partial charge in [-0.25, -0.2) is 13.3 Å². The first-order valence-corrected chi connectivity index (χ1v) is 8.66. The van der Waals surface area contributed by atoms with Gasteiger partial charge < -0.3 is 4.74 Å². The second kappa shape index (κ2) is 7.19. The van der Waals surface area contributed by atoms with E-state index in [0.29, 0.717) is 4.47 Å². The monoisotopic (exact) mass is 393 g/mol. The number of carbonyl (C=O) groups is 1. The van der Waals surface area contributed by atoms with Gasteiger partial charge in [0, 0.05) is 10.0 Å². The lowest BCUT2D eigenvalue weighted by Crippen LogP contribution is -2.48. The van der Waals surface area contributed by atoms with Crippen LogP contribution in [0, 0.1) is 5.82 Å². The van der Waals surface area contributed by atoms with Crippen LogP contribution >= 0.6 is 15.9 Å². The molecule has 1 aromatic carbocycles. The van der Waals surface area contributed by atoms with Crippen molar-refractivity contribution in [2.75, 3.05) is 7.11 Å². The molecule has 0 aliphatic heterocycles. The van der Waals surface area contributed by atoms with Gasteiger partial charge in [0.25, 0.3) is 0 Å². The van der Waals surface area contributed by atoms with Crippen molar-refractivity contribution in [3.8, 4) is 0 Å². The zero-order valence-corrected chi connectivity index (χ0v) is 15.7. The molecular formula is C15H21BrFNO3S. The predicted molar refractivity (Wildman–Crippen MR) is 89.1 cm³/mol. The molecule has 0 radical (unpaired) electrons. The van der Waals surface area contributed by atoms with Crippen molar-refractivity contribution in [2.24, 2.45) is 0 Å². The number of nitrogens with one attached hydrogen (secondary N) is 1. The largest absolute Gasteiger partial charge is 0.469 e. The summed E-state index contributed by atoms with van der Waals surface area (Å²) < 4.78 is 34.4. The second-order valence-electron chi connectivity index (χ2n) is 6.19. The summed E-state index contributed by atoms with van der Waals surface area (Å²) >= 11 is 3.29. The molecule has 0 amide bonds. The maximum atomic E-state index is 14.3. The van der Waals surface area contributed by atoms with Gasteiger partial charge in [0.15, 0.2) is 0 Å². The topological polar surface area (TPSA) is 55.4 Å². The molecule has 0 bridgehead atoms. The number of ether oxygens (including phenoxy) is 1. The molecule has 0 spiro atoms. The number of methoxy groups -OCH3 is 1. The number of hydrogen-bond donors (Lipinski definition) is 1. The van der Waals surface area contributed by atoms with Crippen LogP contribution in [-0.2, 0) is 26.1 Å². The van der Waals surface area contributed by atoms with Gasteiger partial charge in [0.2, 0.25) is 0 Å². The van der Waals surface area contributed by atoms with Gasteiger partial charge in [-0.05, 0) is 45.9 Å². The minimum absolute atomic E-state index is 0.140. The first-order valence-electron chi connectivity index (χ1n) is 6.71. The molecule has 0 saturated carbocycles. The Morgan fingerprint density at radius 3 is 2.45 bits per heavy atom. The van der Waals surface area contributed by atoms with Gasteiger partial charge in [-0.2, -0.15) is 0 Å². The molecule has 124 valence electrons. The van der Waals surface area contributed by atoms with Crippen molar-refractivity contribution in [2.45, 2.75) is 44.4 Å². The fraction of sp³-hybridized carbons (Fsp3) is 0.533. The number of benzene rings is 1. The van der Waals surface area contributed by atoms with Crippen LogP contribution in [0.3, 0.4) is 0 Å². The minimum Gasteiger partial charge on any atom is -0.469 e. The highest BCUT2D eigenvalue weighted by molar-refractivity contribution is 9.10. The van der Waals surface area contributed by atoms with Crippen LogP contribution in [0.2, 0.25) is 0 Å². The highest BCUT2D eigenvalue weighted by Crippen LogP contribution is 2.31. The Hall–Kier alpha value is -0.790. The van der Waals surface area contributed by atoms with Crippen molar-refractivity contribution >= 4 is 32.9 Å². The number of hydrogen-bond acceptors (Lipinski definition) is 3. The van der Waals surface area contributed by atoms with Crippen LogP contribution in [-0.4, -0.2) is 22.0 Å². The number of rotatable bonds is 5. The highest BCUT2D eigenvalue weighted by atomic mass is 79.9. The molecule has 0 heterocycles. The van der Waals surface area contributed by atoms with E-state index in [9.17, 15) is 13.4 Å². The summed E-state index contributed by atoms with van der Waals surface area (Å²) in [7, 11) is -0.216. The smallest absolute Gasteiger partial charge is 0.307 e. The van der Waals surface area contributed by atoms with Crippen molar-refractivity contribution in [3.05, 3.63) is 34.1 Å². The molecule has 0 aliphatic carbocycles. The summed E-state index contributed by atoms with van der Waals surface area (Å²) in [6.07, 6.45) is -0.140. The molecule has 1 unspecified atom stereocenters. The Labute approximate surface area is 141 Å². The average molecular weight is 394 g/mol. The van der Waals surface area contributed by atoms with Crippen LogP contribution in [0.25, 0.3) is 0 Å². The van der Waals surface area contributed by atoms with Gasteiger partial charge in [-0.3, -0.25) is 4.79 Å². The van der Waals surface area contributed by atoms with Crippen LogP contribution in [0.5, 0.6) is 0 Å². The summed E-state index contributed by atoms with van der Waals surface area (Å²) in [4.78, 5) is 11.7. The average Bonchev–Trinajstić information content (AvgIpc) is 2.40. The quantitative estimate of drug-likeness (QED) is 0.779. The molecule has 1 aromatic rings. The molecule has 22 heavy (non-hydrogen) atoms. The lowest BCUT2D eigenvalue weighted by molar-refractivity contribution is -0.142. The molecule has 1 rings (SSSR count). The molecule has 0 aromatic heterocycles. The molecule has 7 heteroatoms. The second-order valence-corrected chi connectivity index (χ2v) is 9.07. The number of esters is 1. The lowest BCUT2D eigenvalue weighted by atomic mass is 9.89. The van der Waals surface area contributed by atoms with Crippen molar-refractivity contribution in [1.82, 2.24) is 4.72 Å². The third-order valence-electron chi connectivity index (χ3n) is 3.12. The molecule has 2 atom stereocenters. The van der Waals surface area contributed by atoms with Crippen LogP contribution < -0.4 is 4.72 Å². The van der Waals surface area contributed by atoms with Gasteiger partial charge in [-0.1, -0.05) is 15.9 Å². The Kier molecular flexibility index (Phi) is 6.29. The predicted octanol–water partition coefficient (Wildman–Crippen LogP) is 3.42. The van der Waals surface area contributed by atoms with E-state index in [0.717, 1.165) is 0 Å². The van der Waals surface area contributed by atoms with Crippen molar-refractivity contribution in [1.29, 1.82) is 0 Å². The van der Waals surface area contributed by atoms with E-state index in [-0.39, 0.29) is 12.0 Å². The minimum atomic E-state index is -1.48. The molecule has 0 fully saturated rings. The maximum absolute atomic E-state index is 14.3. The first-order chi connectivity index (χ1) is 9.99. The van der Waals surface area contributed by atoms with Gasteiger partial charge >= 0.3 is 5.97 Å². The standard InChI is InChI=1S/C15H21BrFNO3S/c1-14(2,3)22(20)18-15(4,9-13(19)21-5)11-8-10(16)6-7-12(11)17/h6-8,18H,9H2,1-5H3/t15-,22?/m0/s1. The highest BCUT2D eigenvalue weighted by Gasteiger charge is 2.37. The summed E-state index contributed by atoms with van der Waals surface area (Å²) in [5, 5.41) is 0. The Morgan fingerprint density at radius 2 is 1.95 bits per heavy atom. The summed E-state index contributed by atoms with van der Waals surface area (Å²) in [5.41, 5.74) is -0.899. The van der Waals surface area contributed by atoms with E-state index in [1.807, 2.05) is 0 Å². The SMILES string of the molecule is COC(=O)C[C@](C)(NS(=O)C(C)(C)C)c1cc(Br)ccc1F. The Bertz CT molecular complexity index is 589. The molecule has 0 saturated heterocycles. The van der Waals surface area contributed by atoms with Crippen LogP contribution in [0.4, 0.5) is 4.39 Å². The van der Waals surface area contributed by atoms with Gasteiger partial charge in [0.05, 0.1) is 34.8 Å². The summed E-state index contributed by atoms with van der Waals surface area (Å²) in [6, 6.07) is 4.44. The molecule has 4 nitrogen and oxygen atoms in total. The zero-order valence-electron chi connectivity index (χ0n) is 13.3. The fourth-order valence-electron chi connectivity index (χ4n) is 1.83. The first kappa shape index (κ1) is 19.3.